The molecule has 1 nitrogen and oxygen atoms in total. The second-order valence-electron chi connectivity index (χ2n) is 5.95. The number of unbranched alkanes of at least 4 members (excludes halogenated alkanes) is 2. The molecule has 2 rings (SSSR count). The number of benzene rings is 1. The van der Waals surface area contributed by atoms with Gasteiger partial charge in [-0.3, -0.25) is 0 Å². The van der Waals surface area contributed by atoms with Crippen molar-refractivity contribution in [2.75, 3.05) is 18.0 Å². The monoisotopic (exact) mass is 259 g/mol. The lowest BCUT2D eigenvalue weighted by Gasteiger charge is -2.33. The summed E-state index contributed by atoms with van der Waals surface area (Å²) in [6.07, 6.45) is 9.57. The standard InChI is InChI=1S/C18H29N/c1-3-5-6-7-17-12-14-19(15-13-17)18-10-8-16(4-2)9-11-18/h8-11,17H,3-7,12-15H2,1-2H3. The molecule has 1 fully saturated rings. The van der Waals surface area contributed by atoms with Crippen LogP contribution in [0.5, 0.6) is 0 Å². The van der Waals surface area contributed by atoms with Crippen molar-refractivity contribution < 1.29 is 0 Å². The van der Waals surface area contributed by atoms with Gasteiger partial charge < -0.3 is 4.90 Å². The van der Waals surface area contributed by atoms with E-state index in [2.05, 4.69) is 43.0 Å². The summed E-state index contributed by atoms with van der Waals surface area (Å²) in [6.45, 7) is 7.02. The van der Waals surface area contributed by atoms with Crippen LogP contribution >= 0.6 is 0 Å². The van der Waals surface area contributed by atoms with Gasteiger partial charge >= 0.3 is 0 Å². The molecule has 0 unspecified atom stereocenters. The summed E-state index contributed by atoms with van der Waals surface area (Å²) in [4.78, 5) is 2.57. The lowest BCUT2D eigenvalue weighted by Crippen LogP contribution is -2.33. The quantitative estimate of drug-likeness (QED) is 0.646. The van der Waals surface area contributed by atoms with Crippen molar-refractivity contribution >= 4 is 5.69 Å². The highest BCUT2D eigenvalue weighted by Crippen LogP contribution is 2.26. The van der Waals surface area contributed by atoms with Gasteiger partial charge in [0.1, 0.15) is 0 Å². The number of anilines is 1. The summed E-state index contributed by atoms with van der Waals surface area (Å²) in [7, 11) is 0. The highest BCUT2D eigenvalue weighted by Gasteiger charge is 2.18. The first kappa shape index (κ1) is 14.4. The van der Waals surface area contributed by atoms with Crippen LogP contribution in [0.15, 0.2) is 24.3 Å². The van der Waals surface area contributed by atoms with E-state index in [4.69, 9.17) is 0 Å². The zero-order chi connectivity index (χ0) is 13.5. The molecule has 0 bridgehead atoms. The summed E-state index contributed by atoms with van der Waals surface area (Å²) < 4.78 is 0. The molecule has 0 aliphatic carbocycles. The van der Waals surface area contributed by atoms with Gasteiger partial charge in [0.25, 0.3) is 0 Å². The van der Waals surface area contributed by atoms with Gasteiger partial charge in [0.15, 0.2) is 0 Å². The first-order chi connectivity index (χ1) is 9.33. The van der Waals surface area contributed by atoms with Gasteiger partial charge in [0.05, 0.1) is 0 Å². The van der Waals surface area contributed by atoms with Gasteiger partial charge in [-0.05, 0) is 42.9 Å². The van der Waals surface area contributed by atoms with Crippen molar-refractivity contribution in [3.8, 4) is 0 Å². The Hall–Kier alpha value is -0.980. The van der Waals surface area contributed by atoms with E-state index in [-0.39, 0.29) is 0 Å². The molecule has 1 aromatic carbocycles. The fraction of sp³-hybridized carbons (Fsp3) is 0.667. The molecule has 1 aromatic rings. The van der Waals surface area contributed by atoms with Crippen molar-refractivity contribution in [2.24, 2.45) is 5.92 Å². The largest absolute Gasteiger partial charge is 0.372 e. The zero-order valence-electron chi connectivity index (χ0n) is 12.7. The van der Waals surface area contributed by atoms with Gasteiger partial charge in [-0.2, -0.15) is 0 Å². The predicted octanol–water partition coefficient (Wildman–Crippen LogP) is 5.05. The number of hydrogen-bond acceptors (Lipinski definition) is 1. The molecule has 0 spiro atoms. The fourth-order valence-corrected chi connectivity index (χ4v) is 3.11. The SMILES string of the molecule is CCCCCC1CCN(c2ccc(CC)cc2)CC1. The molecular formula is C18H29N. The van der Waals surface area contributed by atoms with Crippen molar-refractivity contribution in [1.82, 2.24) is 0 Å². The second kappa shape index (κ2) is 7.57. The molecule has 0 radical (unpaired) electrons. The molecule has 1 saturated heterocycles. The van der Waals surface area contributed by atoms with Crippen LogP contribution in [0.1, 0.15) is 57.9 Å². The second-order valence-corrected chi connectivity index (χ2v) is 5.95. The lowest BCUT2D eigenvalue weighted by atomic mass is 9.91. The third-order valence-electron chi connectivity index (χ3n) is 4.54. The molecule has 0 atom stereocenters. The van der Waals surface area contributed by atoms with E-state index in [1.54, 1.807) is 0 Å². The minimum absolute atomic E-state index is 0.984. The number of nitrogens with zero attached hydrogens (tertiary/aromatic N) is 1. The summed E-state index contributed by atoms with van der Waals surface area (Å²) in [6, 6.07) is 9.16. The summed E-state index contributed by atoms with van der Waals surface area (Å²) >= 11 is 0. The van der Waals surface area contributed by atoms with Crippen LogP contribution in [0.2, 0.25) is 0 Å². The van der Waals surface area contributed by atoms with E-state index in [1.165, 1.54) is 62.9 Å². The van der Waals surface area contributed by atoms with E-state index < -0.39 is 0 Å². The Morgan fingerprint density at radius 3 is 2.26 bits per heavy atom. The van der Waals surface area contributed by atoms with Crippen molar-refractivity contribution in [2.45, 2.75) is 58.8 Å². The Morgan fingerprint density at radius 2 is 1.68 bits per heavy atom. The lowest BCUT2D eigenvalue weighted by molar-refractivity contribution is 0.368. The molecule has 1 aliphatic heterocycles. The van der Waals surface area contributed by atoms with E-state index in [9.17, 15) is 0 Å². The van der Waals surface area contributed by atoms with Gasteiger partial charge in [0.2, 0.25) is 0 Å². The molecule has 1 heteroatoms. The topological polar surface area (TPSA) is 3.24 Å². The minimum atomic E-state index is 0.984. The van der Waals surface area contributed by atoms with Crippen molar-refractivity contribution in [1.29, 1.82) is 0 Å². The van der Waals surface area contributed by atoms with E-state index in [0.29, 0.717) is 0 Å². The van der Waals surface area contributed by atoms with E-state index in [1.807, 2.05) is 0 Å². The van der Waals surface area contributed by atoms with Crippen LogP contribution in [-0.4, -0.2) is 13.1 Å². The first-order valence-electron chi connectivity index (χ1n) is 8.17. The Kier molecular flexibility index (Phi) is 5.75. The Bertz CT molecular complexity index is 346. The molecule has 0 N–H and O–H groups in total. The molecule has 19 heavy (non-hydrogen) atoms. The maximum atomic E-state index is 2.57. The molecule has 1 aliphatic rings. The molecule has 0 saturated carbocycles. The molecular weight excluding hydrogens is 230 g/mol. The number of rotatable bonds is 6. The summed E-state index contributed by atoms with van der Waals surface area (Å²) in [5.41, 5.74) is 2.86. The van der Waals surface area contributed by atoms with Gasteiger partial charge in [-0.25, -0.2) is 0 Å². The number of piperidine rings is 1. The van der Waals surface area contributed by atoms with Crippen LogP contribution in [0, 0.1) is 5.92 Å². The first-order valence-corrected chi connectivity index (χ1v) is 8.17. The van der Waals surface area contributed by atoms with Crippen LogP contribution < -0.4 is 4.90 Å². The maximum absolute atomic E-state index is 2.57. The van der Waals surface area contributed by atoms with E-state index >= 15 is 0 Å². The van der Waals surface area contributed by atoms with Crippen LogP contribution in [0.4, 0.5) is 5.69 Å². The smallest absolute Gasteiger partial charge is 0.0366 e. The highest BCUT2D eigenvalue weighted by atomic mass is 15.1. The van der Waals surface area contributed by atoms with Crippen LogP contribution in [0.3, 0.4) is 0 Å². The average Bonchev–Trinajstić information content (AvgIpc) is 2.48. The summed E-state index contributed by atoms with van der Waals surface area (Å²) in [5, 5.41) is 0. The zero-order valence-corrected chi connectivity index (χ0v) is 12.7. The Balaban J connectivity index is 1.78. The van der Waals surface area contributed by atoms with Gasteiger partial charge in [-0.15, -0.1) is 0 Å². The maximum Gasteiger partial charge on any atom is 0.0366 e. The molecule has 0 aromatic heterocycles. The highest BCUT2D eigenvalue weighted by molar-refractivity contribution is 5.47. The number of hydrogen-bond donors (Lipinski definition) is 0. The fourth-order valence-electron chi connectivity index (χ4n) is 3.11. The third-order valence-corrected chi connectivity index (χ3v) is 4.54. The van der Waals surface area contributed by atoms with Gasteiger partial charge in [0, 0.05) is 18.8 Å². The molecule has 0 amide bonds. The average molecular weight is 259 g/mol. The number of aryl methyl sites for hydroxylation is 1. The Morgan fingerprint density at radius 1 is 1.00 bits per heavy atom. The van der Waals surface area contributed by atoms with Gasteiger partial charge in [-0.1, -0.05) is 51.7 Å². The summed E-state index contributed by atoms with van der Waals surface area (Å²) in [5.74, 6) is 0.984. The van der Waals surface area contributed by atoms with E-state index in [0.717, 1.165) is 12.3 Å². The van der Waals surface area contributed by atoms with Crippen LogP contribution in [-0.2, 0) is 6.42 Å². The molecule has 1 heterocycles. The van der Waals surface area contributed by atoms with Crippen LogP contribution in [0.25, 0.3) is 0 Å². The minimum Gasteiger partial charge on any atom is -0.372 e. The van der Waals surface area contributed by atoms with Crippen molar-refractivity contribution in [3.05, 3.63) is 29.8 Å². The Labute approximate surface area is 119 Å². The predicted molar refractivity (Wildman–Crippen MR) is 84.9 cm³/mol. The molecule has 106 valence electrons. The third kappa shape index (κ3) is 4.26. The normalized spacial score (nSPS) is 16.8. The van der Waals surface area contributed by atoms with Crippen molar-refractivity contribution in [3.63, 3.8) is 0 Å².